The van der Waals surface area contributed by atoms with Crippen molar-refractivity contribution in [3.63, 3.8) is 0 Å². The third kappa shape index (κ3) is 3.74. The minimum Gasteiger partial charge on any atom is -0.330 e. The number of aryl methyl sites for hydroxylation is 1. The summed E-state index contributed by atoms with van der Waals surface area (Å²) < 4.78 is 0. The van der Waals surface area contributed by atoms with Crippen LogP contribution in [0.25, 0.3) is 0 Å². The van der Waals surface area contributed by atoms with Crippen molar-refractivity contribution in [3.05, 3.63) is 65.2 Å². The van der Waals surface area contributed by atoms with Crippen molar-refractivity contribution in [2.45, 2.75) is 26.3 Å². The van der Waals surface area contributed by atoms with Crippen LogP contribution in [-0.2, 0) is 17.8 Å². The minimum atomic E-state index is 0.108. The topological polar surface area (TPSA) is 33.5 Å². The predicted molar refractivity (Wildman–Crippen MR) is 89.0 cm³/mol. The number of nitrogens with one attached hydrogen (secondary N) is 2. The number of benzene rings is 2. The van der Waals surface area contributed by atoms with E-state index in [0.29, 0.717) is 6.42 Å². The van der Waals surface area contributed by atoms with Gasteiger partial charge in [-0.25, -0.2) is 0 Å². The lowest BCUT2D eigenvalue weighted by Crippen LogP contribution is -3.11. The van der Waals surface area contributed by atoms with E-state index in [2.05, 4.69) is 29.6 Å². The molecular formula is C19H23N2O+. The molecule has 2 N–H and O–H groups in total. The Hall–Kier alpha value is -2.13. The van der Waals surface area contributed by atoms with Crippen LogP contribution in [0.3, 0.4) is 0 Å². The number of carbonyl (C=O) groups is 1. The molecular weight excluding hydrogens is 272 g/mol. The Morgan fingerprint density at radius 1 is 1.14 bits per heavy atom. The Kier molecular flexibility index (Phi) is 4.54. The number of anilines is 1. The summed E-state index contributed by atoms with van der Waals surface area (Å²) in [6, 6.07) is 16.6. The van der Waals surface area contributed by atoms with Gasteiger partial charge in [0.2, 0.25) is 5.91 Å². The summed E-state index contributed by atoms with van der Waals surface area (Å²) in [5.41, 5.74) is 4.96. The van der Waals surface area contributed by atoms with Crippen LogP contribution in [0.4, 0.5) is 5.69 Å². The van der Waals surface area contributed by atoms with Gasteiger partial charge in [-0.1, -0.05) is 36.4 Å². The lowest BCUT2D eigenvalue weighted by molar-refractivity contribution is -0.915. The number of carbonyl (C=O) groups excluding carboxylic acids is 1. The van der Waals surface area contributed by atoms with Crippen molar-refractivity contribution in [1.29, 1.82) is 0 Å². The lowest BCUT2D eigenvalue weighted by atomic mass is 10.00. The quantitative estimate of drug-likeness (QED) is 0.888. The third-order valence-corrected chi connectivity index (χ3v) is 4.31. The zero-order valence-corrected chi connectivity index (χ0v) is 13.1. The maximum absolute atomic E-state index is 12.1. The van der Waals surface area contributed by atoms with Crippen molar-refractivity contribution in [3.8, 4) is 0 Å². The van der Waals surface area contributed by atoms with Gasteiger partial charge in [-0.15, -0.1) is 0 Å². The van der Waals surface area contributed by atoms with Crippen molar-refractivity contribution in [2.75, 3.05) is 18.4 Å². The fourth-order valence-electron chi connectivity index (χ4n) is 3.09. The van der Waals surface area contributed by atoms with Gasteiger partial charge >= 0.3 is 0 Å². The highest BCUT2D eigenvalue weighted by Crippen LogP contribution is 2.11. The average molecular weight is 295 g/mol. The van der Waals surface area contributed by atoms with Crippen LogP contribution in [0.2, 0.25) is 0 Å². The molecule has 0 bridgehead atoms. The van der Waals surface area contributed by atoms with Crippen molar-refractivity contribution < 1.29 is 9.69 Å². The molecule has 3 nitrogen and oxygen atoms in total. The Bertz CT molecular complexity index is 666. The highest BCUT2D eigenvalue weighted by molar-refractivity contribution is 5.90. The lowest BCUT2D eigenvalue weighted by Gasteiger charge is -2.25. The van der Waals surface area contributed by atoms with Gasteiger partial charge in [0.1, 0.15) is 6.54 Å². The molecule has 1 amide bonds. The van der Waals surface area contributed by atoms with Gasteiger partial charge in [-0.2, -0.15) is 0 Å². The zero-order chi connectivity index (χ0) is 15.4. The monoisotopic (exact) mass is 295 g/mol. The number of rotatable bonds is 4. The molecule has 2 aromatic carbocycles. The summed E-state index contributed by atoms with van der Waals surface area (Å²) in [5, 5.41) is 2.99. The smallest absolute Gasteiger partial charge is 0.230 e. The Morgan fingerprint density at radius 3 is 2.77 bits per heavy atom. The third-order valence-electron chi connectivity index (χ3n) is 4.31. The molecule has 22 heavy (non-hydrogen) atoms. The minimum absolute atomic E-state index is 0.108. The molecule has 0 radical (unpaired) electrons. The molecule has 1 aliphatic rings. The summed E-state index contributed by atoms with van der Waals surface area (Å²) in [6.45, 7) is 5.08. The molecule has 0 aliphatic carbocycles. The zero-order valence-electron chi connectivity index (χ0n) is 13.1. The number of quaternary nitrogens is 1. The van der Waals surface area contributed by atoms with E-state index in [0.717, 1.165) is 37.3 Å². The normalized spacial score (nSPS) is 16.9. The van der Waals surface area contributed by atoms with Crippen molar-refractivity contribution >= 4 is 11.6 Å². The predicted octanol–water partition coefficient (Wildman–Crippen LogP) is 1.96. The van der Waals surface area contributed by atoms with Crippen LogP contribution in [0, 0.1) is 6.92 Å². The van der Waals surface area contributed by atoms with E-state index in [1.54, 1.807) is 0 Å². The Balaban J connectivity index is 1.50. The molecule has 1 heterocycles. The van der Waals surface area contributed by atoms with Gasteiger partial charge in [-0.05, 0) is 30.2 Å². The molecule has 1 unspecified atom stereocenters. The van der Waals surface area contributed by atoms with Crippen LogP contribution in [0.5, 0.6) is 0 Å². The first-order chi connectivity index (χ1) is 10.7. The number of hydrogen-bond donors (Lipinski definition) is 2. The molecule has 0 fully saturated rings. The molecule has 114 valence electrons. The second kappa shape index (κ2) is 6.75. The first-order valence-electron chi connectivity index (χ1n) is 7.97. The number of fused-ring (bicyclic) bond motifs is 1. The van der Waals surface area contributed by atoms with Gasteiger partial charge in [0.25, 0.3) is 0 Å². The summed E-state index contributed by atoms with van der Waals surface area (Å²) in [6.07, 6.45) is 1.69. The van der Waals surface area contributed by atoms with E-state index in [4.69, 9.17) is 0 Å². The van der Waals surface area contributed by atoms with E-state index in [1.165, 1.54) is 16.0 Å². The summed E-state index contributed by atoms with van der Waals surface area (Å²) in [7, 11) is 0. The summed E-state index contributed by atoms with van der Waals surface area (Å²) in [5.74, 6) is 0.108. The SMILES string of the molecule is Cc1cccc(NC(=O)CC[NH+]2CCc3ccccc3C2)c1. The van der Waals surface area contributed by atoms with E-state index in [9.17, 15) is 4.79 Å². The molecule has 0 saturated carbocycles. The van der Waals surface area contributed by atoms with Gasteiger partial charge < -0.3 is 10.2 Å². The van der Waals surface area contributed by atoms with Gasteiger partial charge in [0.15, 0.2) is 0 Å². The Labute approximate surface area is 132 Å². The van der Waals surface area contributed by atoms with Crippen LogP contribution < -0.4 is 10.2 Å². The maximum Gasteiger partial charge on any atom is 0.230 e. The van der Waals surface area contributed by atoms with E-state index in [-0.39, 0.29) is 5.91 Å². The first kappa shape index (κ1) is 14.8. The van der Waals surface area contributed by atoms with E-state index >= 15 is 0 Å². The number of amides is 1. The largest absolute Gasteiger partial charge is 0.330 e. The molecule has 2 aromatic rings. The van der Waals surface area contributed by atoms with Gasteiger partial charge in [0.05, 0.1) is 19.5 Å². The highest BCUT2D eigenvalue weighted by atomic mass is 16.1. The molecule has 1 atom stereocenters. The Morgan fingerprint density at radius 2 is 1.95 bits per heavy atom. The molecule has 0 aromatic heterocycles. The standard InChI is InChI=1S/C19H22N2O/c1-15-5-4-8-18(13-15)20-19(22)10-12-21-11-9-16-6-2-3-7-17(16)14-21/h2-8,13H,9-12,14H2,1H3,(H,20,22)/p+1. The average Bonchev–Trinajstić information content (AvgIpc) is 2.53. The summed E-state index contributed by atoms with van der Waals surface area (Å²) in [4.78, 5) is 13.6. The van der Waals surface area contributed by atoms with E-state index < -0.39 is 0 Å². The van der Waals surface area contributed by atoms with Crippen LogP contribution in [-0.4, -0.2) is 19.0 Å². The molecule has 1 aliphatic heterocycles. The first-order valence-corrected chi connectivity index (χ1v) is 7.97. The number of hydrogen-bond acceptors (Lipinski definition) is 1. The molecule has 3 rings (SSSR count). The van der Waals surface area contributed by atoms with Crippen molar-refractivity contribution in [1.82, 2.24) is 0 Å². The molecule has 0 spiro atoms. The molecule has 0 saturated heterocycles. The summed E-state index contributed by atoms with van der Waals surface area (Å²) >= 11 is 0. The highest BCUT2D eigenvalue weighted by Gasteiger charge is 2.19. The molecule has 3 heteroatoms. The fourth-order valence-corrected chi connectivity index (χ4v) is 3.09. The van der Waals surface area contributed by atoms with Crippen LogP contribution >= 0.6 is 0 Å². The fraction of sp³-hybridized carbons (Fsp3) is 0.316. The maximum atomic E-state index is 12.1. The van der Waals surface area contributed by atoms with Gasteiger partial charge in [0, 0.05) is 17.7 Å². The second-order valence-electron chi connectivity index (χ2n) is 6.11. The van der Waals surface area contributed by atoms with E-state index in [1.807, 2.05) is 31.2 Å². The van der Waals surface area contributed by atoms with Crippen LogP contribution in [0.15, 0.2) is 48.5 Å². The van der Waals surface area contributed by atoms with Crippen LogP contribution in [0.1, 0.15) is 23.1 Å². The van der Waals surface area contributed by atoms with Gasteiger partial charge in [-0.3, -0.25) is 4.79 Å². The second-order valence-corrected chi connectivity index (χ2v) is 6.11. The van der Waals surface area contributed by atoms with Crippen molar-refractivity contribution in [2.24, 2.45) is 0 Å².